The third kappa shape index (κ3) is 3.16. The molecule has 0 aromatic heterocycles. The number of benzene rings is 1. The molecule has 6 heteroatoms. The van der Waals surface area contributed by atoms with Gasteiger partial charge in [-0.2, -0.15) is 0 Å². The van der Waals surface area contributed by atoms with Crippen LogP contribution < -0.4 is 15.1 Å². The number of hydrogen-bond acceptors (Lipinski definition) is 3. The second-order valence-corrected chi connectivity index (χ2v) is 5.53. The van der Waals surface area contributed by atoms with Crippen LogP contribution in [0.4, 0.5) is 10.5 Å². The van der Waals surface area contributed by atoms with Crippen molar-refractivity contribution in [3.8, 4) is 0 Å². The van der Waals surface area contributed by atoms with E-state index in [0.717, 1.165) is 26.2 Å². The number of rotatable bonds is 3. The zero-order valence-electron chi connectivity index (χ0n) is 12.0. The Morgan fingerprint density at radius 3 is 2.48 bits per heavy atom. The van der Waals surface area contributed by atoms with Gasteiger partial charge in [-0.1, -0.05) is 18.2 Å². The van der Waals surface area contributed by atoms with Gasteiger partial charge in [-0.05, 0) is 12.1 Å². The van der Waals surface area contributed by atoms with E-state index in [9.17, 15) is 9.59 Å². The van der Waals surface area contributed by atoms with Crippen molar-refractivity contribution < 1.29 is 14.5 Å². The molecule has 112 valence electrons. The average molecular weight is 289 g/mol. The summed E-state index contributed by atoms with van der Waals surface area (Å²) in [5.41, 5.74) is 1.24. The van der Waals surface area contributed by atoms with Crippen molar-refractivity contribution in [2.24, 2.45) is 0 Å². The number of anilines is 1. The van der Waals surface area contributed by atoms with Crippen LogP contribution >= 0.6 is 0 Å². The molecule has 21 heavy (non-hydrogen) atoms. The molecular formula is C15H21N4O2+. The molecule has 0 bridgehead atoms. The van der Waals surface area contributed by atoms with Gasteiger partial charge in [0.15, 0.2) is 6.54 Å². The van der Waals surface area contributed by atoms with Crippen molar-refractivity contribution in [1.29, 1.82) is 0 Å². The van der Waals surface area contributed by atoms with Crippen molar-refractivity contribution in [2.45, 2.75) is 0 Å². The zero-order chi connectivity index (χ0) is 14.7. The van der Waals surface area contributed by atoms with Gasteiger partial charge in [0.05, 0.1) is 26.2 Å². The molecule has 0 saturated carbocycles. The van der Waals surface area contributed by atoms with E-state index in [2.05, 4.69) is 22.3 Å². The van der Waals surface area contributed by atoms with Crippen LogP contribution in [-0.4, -0.2) is 62.7 Å². The van der Waals surface area contributed by atoms with Crippen LogP contribution in [0.3, 0.4) is 0 Å². The molecule has 0 radical (unpaired) electrons. The van der Waals surface area contributed by atoms with Gasteiger partial charge in [-0.3, -0.25) is 9.69 Å². The number of piperazine rings is 1. The Morgan fingerprint density at radius 1 is 1.14 bits per heavy atom. The van der Waals surface area contributed by atoms with Crippen molar-refractivity contribution >= 4 is 17.6 Å². The third-order valence-corrected chi connectivity index (χ3v) is 4.15. The first-order valence-corrected chi connectivity index (χ1v) is 7.46. The minimum atomic E-state index is -0.248. The van der Waals surface area contributed by atoms with Crippen LogP contribution in [0.5, 0.6) is 0 Å². The summed E-state index contributed by atoms with van der Waals surface area (Å²) in [6.45, 7) is 5.22. The second kappa shape index (κ2) is 6.13. The predicted octanol–water partition coefficient (Wildman–Crippen LogP) is -1.06. The van der Waals surface area contributed by atoms with E-state index in [1.54, 1.807) is 0 Å². The summed E-state index contributed by atoms with van der Waals surface area (Å²) in [4.78, 5) is 28.5. The van der Waals surface area contributed by atoms with Gasteiger partial charge in [0.1, 0.15) is 0 Å². The van der Waals surface area contributed by atoms with E-state index in [1.165, 1.54) is 15.5 Å². The Morgan fingerprint density at radius 2 is 1.86 bits per heavy atom. The number of quaternary nitrogens is 1. The van der Waals surface area contributed by atoms with E-state index < -0.39 is 0 Å². The number of amides is 3. The Bertz CT molecular complexity index is 512. The maximum absolute atomic E-state index is 12.1. The van der Waals surface area contributed by atoms with Crippen LogP contribution in [0.2, 0.25) is 0 Å². The topological polar surface area (TPSA) is 57.1 Å². The molecule has 2 aliphatic heterocycles. The maximum atomic E-state index is 12.1. The Balaban J connectivity index is 1.50. The van der Waals surface area contributed by atoms with Gasteiger partial charge in [-0.15, -0.1) is 0 Å². The van der Waals surface area contributed by atoms with E-state index >= 15 is 0 Å². The molecule has 2 heterocycles. The summed E-state index contributed by atoms with van der Waals surface area (Å²) in [6.07, 6.45) is 0. The van der Waals surface area contributed by atoms with Gasteiger partial charge in [0, 0.05) is 18.8 Å². The molecule has 1 aromatic carbocycles. The molecule has 0 spiro atoms. The quantitative estimate of drug-likeness (QED) is 0.746. The van der Waals surface area contributed by atoms with E-state index in [0.29, 0.717) is 19.6 Å². The van der Waals surface area contributed by atoms with E-state index in [1.807, 2.05) is 18.2 Å². The van der Waals surface area contributed by atoms with Gasteiger partial charge >= 0.3 is 6.03 Å². The number of imide groups is 1. The second-order valence-electron chi connectivity index (χ2n) is 5.53. The lowest BCUT2D eigenvalue weighted by Gasteiger charge is -2.33. The summed E-state index contributed by atoms with van der Waals surface area (Å²) in [7, 11) is 0. The highest BCUT2D eigenvalue weighted by Gasteiger charge is 2.30. The number of hydrogen-bond donors (Lipinski definition) is 2. The lowest BCUT2D eigenvalue weighted by molar-refractivity contribution is -0.892. The highest BCUT2D eigenvalue weighted by atomic mass is 16.2. The largest absolute Gasteiger partial charge is 0.360 e. The van der Waals surface area contributed by atoms with Crippen LogP contribution in [0.1, 0.15) is 0 Å². The fourth-order valence-corrected chi connectivity index (χ4v) is 2.92. The minimum Gasteiger partial charge on any atom is -0.360 e. The third-order valence-electron chi connectivity index (χ3n) is 4.15. The molecule has 2 fully saturated rings. The molecule has 2 N–H and O–H groups in total. The van der Waals surface area contributed by atoms with Crippen molar-refractivity contribution in [1.82, 2.24) is 10.2 Å². The molecule has 2 saturated heterocycles. The number of para-hydroxylation sites is 1. The van der Waals surface area contributed by atoms with Crippen molar-refractivity contribution in [3.05, 3.63) is 30.3 Å². The fourth-order valence-electron chi connectivity index (χ4n) is 2.92. The summed E-state index contributed by atoms with van der Waals surface area (Å²) in [6, 6.07) is 10.1. The first-order chi connectivity index (χ1) is 10.2. The van der Waals surface area contributed by atoms with Crippen LogP contribution in [-0.2, 0) is 4.79 Å². The number of carbonyl (C=O) groups excluding carboxylic acids is 2. The van der Waals surface area contributed by atoms with Crippen LogP contribution in [0, 0.1) is 0 Å². The standard InChI is InChI=1S/C15H20N4O2/c20-14(19-7-6-16-15(19)21)12-17-8-10-18(11-9-17)13-4-2-1-3-5-13/h1-5H,6-12H2,(H,16,21)/p+1. The molecule has 0 unspecified atom stereocenters. The smallest absolute Gasteiger partial charge is 0.324 e. The monoisotopic (exact) mass is 289 g/mol. The predicted molar refractivity (Wildman–Crippen MR) is 79.3 cm³/mol. The lowest BCUT2D eigenvalue weighted by atomic mass is 10.2. The SMILES string of the molecule is O=C(C[NH+]1CCN(c2ccccc2)CC1)N1CCNC1=O. The molecule has 3 amide bonds. The normalized spacial score (nSPS) is 19.7. The summed E-state index contributed by atoms with van der Waals surface area (Å²) >= 11 is 0. The number of urea groups is 1. The molecule has 6 nitrogen and oxygen atoms in total. The maximum Gasteiger partial charge on any atom is 0.324 e. The van der Waals surface area contributed by atoms with E-state index in [-0.39, 0.29) is 11.9 Å². The fraction of sp³-hybridized carbons (Fsp3) is 0.467. The lowest BCUT2D eigenvalue weighted by Crippen LogP contribution is -3.16. The highest BCUT2D eigenvalue weighted by molar-refractivity contribution is 5.96. The zero-order valence-corrected chi connectivity index (χ0v) is 12.0. The van der Waals surface area contributed by atoms with E-state index in [4.69, 9.17) is 0 Å². The van der Waals surface area contributed by atoms with Gasteiger partial charge in [0.25, 0.3) is 5.91 Å². The molecule has 3 rings (SSSR count). The molecule has 1 aromatic rings. The number of nitrogens with one attached hydrogen (secondary N) is 2. The first kappa shape index (κ1) is 13.9. The number of nitrogens with zero attached hydrogens (tertiary/aromatic N) is 2. The van der Waals surface area contributed by atoms with Crippen molar-refractivity contribution in [2.75, 3.05) is 50.7 Å². The molecule has 0 aliphatic carbocycles. The Kier molecular flexibility index (Phi) is 4.06. The van der Waals surface area contributed by atoms with Gasteiger partial charge in [0.2, 0.25) is 0 Å². The van der Waals surface area contributed by atoms with Gasteiger partial charge < -0.3 is 15.1 Å². The van der Waals surface area contributed by atoms with Crippen LogP contribution in [0.15, 0.2) is 30.3 Å². The molecule has 2 aliphatic rings. The highest BCUT2D eigenvalue weighted by Crippen LogP contribution is 2.12. The summed E-state index contributed by atoms with van der Waals surface area (Å²) in [5, 5.41) is 2.66. The molecular weight excluding hydrogens is 268 g/mol. The summed E-state index contributed by atoms with van der Waals surface area (Å²) in [5.74, 6) is -0.0619. The Hall–Kier alpha value is -2.08. The average Bonchev–Trinajstić information content (AvgIpc) is 2.95. The van der Waals surface area contributed by atoms with Gasteiger partial charge in [-0.25, -0.2) is 4.79 Å². The number of carbonyl (C=O) groups is 2. The summed E-state index contributed by atoms with van der Waals surface area (Å²) < 4.78 is 0. The van der Waals surface area contributed by atoms with Crippen LogP contribution in [0.25, 0.3) is 0 Å². The minimum absolute atomic E-state index is 0.0619. The van der Waals surface area contributed by atoms with Crippen molar-refractivity contribution in [3.63, 3.8) is 0 Å². The Labute approximate surface area is 124 Å². The molecule has 0 atom stereocenters. The first-order valence-electron chi connectivity index (χ1n) is 7.46.